The third-order valence-corrected chi connectivity index (χ3v) is 19.4. The Morgan fingerprint density at radius 2 is 0.540 bits per heavy atom. The van der Waals surface area contributed by atoms with Crippen LogP contribution in [0.2, 0.25) is 0 Å². The lowest BCUT2D eigenvalue weighted by atomic mass is 10.1. The Morgan fingerprint density at radius 1 is 0.278 bits per heavy atom. The molecular weight excluding hydrogens is 1740 g/mol. The number of carbonyl (C=O) groups is 12. The van der Waals surface area contributed by atoms with Crippen molar-refractivity contribution in [2.45, 2.75) is 59.1 Å². The Kier molecular flexibility index (Phi) is 30.9. The molecule has 10 aromatic rings. The molecule has 5 unspecified atom stereocenters. The van der Waals surface area contributed by atoms with Gasteiger partial charge in [-0.05, 0) is 166 Å². The highest BCUT2D eigenvalue weighted by Crippen LogP contribution is 2.36. The van der Waals surface area contributed by atoms with Crippen molar-refractivity contribution in [2.75, 3.05) is 26.6 Å². The second-order valence-corrected chi connectivity index (χ2v) is 28.7. The number of phenols is 1. The van der Waals surface area contributed by atoms with Gasteiger partial charge in [0.25, 0.3) is 31.5 Å². The fourth-order valence-electron chi connectivity index (χ4n) is 11.3. The number of para-hydroxylation sites is 1. The van der Waals surface area contributed by atoms with E-state index in [1.54, 1.807) is 177 Å². The van der Waals surface area contributed by atoms with Crippen LogP contribution in [0.25, 0.3) is 0 Å². The molecule has 0 saturated heterocycles. The number of carboxylic acids is 2. The summed E-state index contributed by atoms with van der Waals surface area (Å²) in [6.45, 7) is 7.52. The molecule has 0 amide bonds. The van der Waals surface area contributed by atoms with Gasteiger partial charge in [0.1, 0.15) is 34.2 Å². The molecule has 35 heteroatoms. The zero-order chi connectivity index (χ0) is 90.4. The first kappa shape index (κ1) is 91.5. The van der Waals surface area contributed by atoms with Crippen LogP contribution >= 0.6 is 58.0 Å². The summed E-state index contributed by atoms with van der Waals surface area (Å²) in [5.41, 5.74) is 8.57. The van der Waals surface area contributed by atoms with Gasteiger partial charge in [-0.25, -0.2) is 57.5 Å². The van der Waals surface area contributed by atoms with Gasteiger partial charge in [-0.15, -0.1) is 0 Å². The molecule has 642 valence electrons. The average molecular weight is 1810 g/mol. The lowest BCUT2D eigenvalue weighted by Crippen LogP contribution is -2.24. The van der Waals surface area contributed by atoms with Crippen LogP contribution in [0.5, 0.6) is 5.75 Å². The number of cyclic esters (lactones) is 5. The van der Waals surface area contributed by atoms with Crippen molar-refractivity contribution in [2.24, 2.45) is 0 Å². The fraction of sp³-hybridized carbons (Fsp3) is 0.0989. The van der Waals surface area contributed by atoms with Crippen LogP contribution in [0.4, 0.5) is 28.4 Å². The molecule has 0 aliphatic carbocycles. The predicted molar refractivity (Wildman–Crippen MR) is 458 cm³/mol. The third kappa shape index (κ3) is 24.4. The quantitative estimate of drug-likeness (QED) is 0.0231. The molecule has 30 nitrogen and oxygen atoms in total. The van der Waals surface area contributed by atoms with Crippen LogP contribution in [0, 0.1) is 27.7 Å². The first-order valence-corrected chi connectivity index (χ1v) is 39.0. The minimum Gasteiger partial charge on any atom is -0.508 e. The number of ether oxygens (including phenoxy) is 10. The number of phenolic OH excluding ortho intramolecular Hbond substituents is 1. The van der Waals surface area contributed by atoms with Gasteiger partial charge in [-0.1, -0.05) is 197 Å². The Morgan fingerprint density at radius 3 is 0.865 bits per heavy atom. The Hall–Kier alpha value is -15.2. The van der Waals surface area contributed by atoms with E-state index < -0.39 is 103 Å². The Bertz CT molecular complexity index is 6050. The van der Waals surface area contributed by atoms with E-state index in [4.69, 9.17) is 116 Å². The van der Waals surface area contributed by atoms with E-state index in [1.165, 1.54) is 48.5 Å². The Balaban J connectivity index is 0.000000153. The second-order valence-electron chi connectivity index (χ2n) is 26.8. The van der Waals surface area contributed by atoms with E-state index in [1.807, 2.05) is 63.2 Å². The van der Waals surface area contributed by atoms with Crippen LogP contribution < -0.4 is 26.6 Å². The van der Waals surface area contributed by atoms with Crippen LogP contribution in [0.15, 0.2) is 315 Å². The van der Waals surface area contributed by atoms with E-state index in [9.17, 15) is 62.6 Å². The molecule has 126 heavy (non-hydrogen) atoms. The topological polar surface area (TPSA) is 418 Å². The number of carboxylic acid groups (broad SMARTS) is 2. The molecule has 15 rings (SSSR count). The van der Waals surface area contributed by atoms with Crippen molar-refractivity contribution in [3.63, 3.8) is 0 Å². The molecular formula is C91H68Cl5N5O25. The maximum absolute atomic E-state index is 12.4. The standard InChI is InChI=1S/C19H14ClNO6.C19H16ClNO4.C18H12ClNO6.C18H14ClNO4.C17H12ClNO5/c1-10-5-2-3-8-13(10)17(24)26-19-15(14(20)18(25)27-19)21-12-7-4-6-11(9-12)16(22)23;1-11-6-8-13(9-7-11)17(22)24-19-16(15(20)18(23)25-19)21-14-5-3-4-12(2)10-14;19-13-14(20-12-8-4-7-11(9-12)15(21)22)18(26-17(13)24)25-16(23)10-5-2-1-3-6-10;1-11-7-9-12(10-8-11)16(21)23-18-15(14(19)17(22)24-18)20-13-5-3-2-4-6-13;18-13-14(19-11-7-4-8-12(20)9-11)17(24-16(13)22)23-15(21)10-5-2-1-3-6-10/h2-9,19,21H,1H3,(H,22,23);3-10,19,21H,1-2H3;1-9,18,20H,(H,21,22);2-10,18,20H,1H3;1-9,17,19-20H. The largest absolute Gasteiger partial charge is 0.508 e. The van der Waals surface area contributed by atoms with Gasteiger partial charge in [-0.3, -0.25) is 0 Å². The minimum atomic E-state index is -1.37. The number of esters is 10. The van der Waals surface area contributed by atoms with Gasteiger partial charge in [-0.2, -0.15) is 0 Å². The predicted octanol–water partition coefficient (Wildman–Crippen LogP) is 16.8. The van der Waals surface area contributed by atoms with Crippen LogP contribution in [-0.4, -0.2) is 118 Å². The highest BCUT2D eigenvalue weighted by atomic mass is 35.5. The molecule has 0 aromatic heterocycles. The summed E-state index contributed by atoms with van der Waals surface area (Å²) in [4.78, 5) is 142. The number of aromatic hydroxyl groups is 1. The first-order chi connectivity index (χ1) is 60.3. The van der Waals surface area contributed by atoms with E-state index in [0.717, 1.165) is 16.7 Å². The third-order valence-electron chi connectivity index (χ3n) is 17.6. The molecule has 0 fully saturated rings. The summed E-state index contributed by atoms with van der Waals surface area (Å²) in [6, 6.07) is 71.4. The number of hydrogen-bond donors (Lipinski definition) is 8. The number of aromatic carboxylic acids is 2. The van der Waals surface area contributed by atoms with E-state index >= 15 is 0 Å². The number of nitrogens with one attached hydrogen (secondary N) is 5. The molecule has 5 aliphatic heterocycles. The number of benzene rings is 10. The van der Waals surface area contributed by atoms with E-state index in [-0.39, 0.29) is 76.1 Å². The van der Waals surface area contributed by atoms with Gasteiger partial charge in [0.2, 0.25) is 0 Å². The SMILES string of the molecule is Cc1ccc(C(=O)OC2OC(=O)C(Cl)=C2Nc2cccc(C)c2)cc1.Cc1ccc(C(=O)OC2OC(=O)C(Cl)=C2Nc2ccccc2)cc1.Cc1ccccc1C(=O)OC1OC(=O)C(Cl)=C1Nc1cccc(C(=O)O)c1.O=C1OC(OC(=O)c2ccccc2)C(Nc2cccc(C(=O)O)c2)=C1Cl.O=C1OC(OC(=O)c2ccccc2)C(Nc2cccc(O)c2)=C1Cl. The number of halogens is 5. The zero-order valence-electron chi connectivity index (χ0n) is 65.9. The summed E-state index contributed by atoms with van der Waals surface area (Å²) in [5.74, 6) is -9.43. The highest BCUT2D eigenvalue weighted by Gasteiger charge is 2.42. The van der Waals surface area contributed by atoms with Crippen molar-refractivity contribution in [3.8, 4) is 5.75 Å². The van der Waals surface area contributed by atoms with Crippen molar-refractivity contribution in [1.82, 2.24) is 0 Å². The molecule has 10 aromatic carbocycles. The lowest BCUT2D eigenvalue weighted by Gasteiger charge is -2.17. The van der Waals surface area contributed by atoms with Crippen molar-refractivity contribution >= 4 is 158 Å². The van der Waals surface area contributed by atoms with Gasteiger partial charge < -0.3 is 89.3 Å². The Labute approximate surface area is 741 Å². The monoisotopic (exact) mass is 1810 g/mol. The molecule has 0 radical (unpaired) electrons. The number of anilines is 5. The molecule has 0 spiro atoms. The summed E-state index contributed by atoms with van der Waals surface area (Å²) >= 11 is 29.8. The van der Waals surface area contributed by atoms with Gasteiger partial charge in [0.15, 0.2) is 25.2 Å². The molecule has 5 aliphatic rings. The maximum atomic E-state index is 12.4. The van der Waals surface area contributed by atoms with Crippen molar-refractivity contribution in [3.05, 3.63) is 376 Å². The summed E-state index contributed by atoms with van der Waals surface area (Å²) in [6.07, 6.45) is -6.45. The zero-order valence-corrected chi connectivity index (χ0v) is 69.7. The summed E-state index contributed by atoms with van der Waals surface area (Å²) in [5, 5.41) is 40.9. The van der Waals surface area contributed by atoms with Crippen LogP contribution in [0.3, 0.4) is 0 Å². The highest BCUT2D eigenvalue weighted by molar-refractivity contribution is 6.44. The molecule has 0 bridgehead atoms. The number of carbonyl (C=O) groups excluding carboxylic acids is 10. The molecule has 8 N–H and O–H groups in total. The number of aryl methyl sites for hydroxylation is 4. The summed E-state index contributed by atoms with van der Waals surface area (Å²) in [7, 11) is 0. The number of hydrogen-bond acceptors (Lipinski definition) is 28. The smallest absolute Gasteiger partial charge is 0.355 e. The molecule has 5 atom stereocenters. The van der Waals surface area contributed by atoms with E-state index in [0.29, 0.717) is 56.3 Å². The number of rotatable bonds is 22. The van der Waals surface area contributed by atoms with Gasteiger partial charge in [0.05, 0.1) is 38.9 Å². The van der Waals surface area contributed by atoms with Crippen molar-refractivity contribution in [1.29, 1.82) is 0 Å². The lowest BCUT2D eigenvalue weighted by molar-refractivity contribution is -0.153. The maximum Gasteiger partial charge on any atom is 0.355 e. The van der Waals surface area contributed by atoms with E-state index in [2.05, 4.69) is 26.6 Å². The molecule has 0 saturated carbocycles. The molecule has 5 heterocycles. The van der Waals surface area contributed by atoms with Crippen molar-refractivity contribution < 1.29 is 120 Å². The average Bonchev–Trinajstić information content (AvgIpc) is 1.69. The normalized spacial score (nSPS) is 16.5. The first-order valence-electron chi connectivity index (χ1n) is 37.1. The fourth-order valence-corrected chi connectivity index (χ4v) is 12.2. The van der Waals surface area contributed by atoms with Crippen LogP contribution in [0.1, 0.15) is 94.8 Å². The van der Waals surface area contributed by atoms with Gasteiger partial charge in [0, 0.05) is 34.5 Å². The summed E-state index contributed by atoms with van der Waals surface area (Å²) < 4.78 is 51.3. The van der Waals surface area contributed by atoms with Gasteiger partial charge >= 0.3 is 71.6 Å². The van der Waals surface area contributed by atoms with Crippen LogP contribution in [-0.2, 0) is 71.3 Å². The minimum absolute atomic E-state index is 0.0171. The second kappa shape index (κ2) is 42.5.